The van der Waals surface area contributed by atoms with E-state index < -0.39 is 0 Å². The topological polar surface area (TPSA) is 53.1 Å². The third-order valence-corrected chi connectivity index (χ3v) is 5.08. The van der Waals surface area contributed by atoms with Crippen molar-refractivity contribution in [2.45, 2.75) is 19.9 Å². The van der Waals surface area contributed by atoms with Gasteiger partial charge in [-0.05, 0) is 49.4 Å². The van der Waals surface area contributed by atoms with Crippen LogP contribution in [0.1, 0.15) is 17.5 Å². The van der Waals surface area contributed by atoms with Crippen molar-refractivity contribution in [3.8, 4) is 11.3 Å². The van der Waals surface area contributed by atoms with Crippen LogP contribution < -0.4 is 10.6 Å². The van der Waals surface area contributed by atoms with Crippen molar-refractivity contribution in [3.05, 3.63) is 90.3 Å². The molecule has 0 aliphatic carbocycles. The minimum atomic E-state index is 0.585. The van der Waals surface area contributed by atoms with Crippen LogP contribution in [0, 0.1) is 6.92 Å². The number of aromatic nitrogens is 2. The van der Waals surface area contributed by atoms with Crippen molar-refractivity contribution in [3.63, 3.8) is 0 Å². The van der Waals surface area contributed by atoms with Crippen LogP contribution in [0.25, 0.3) is 11.3 Å². The monoisotopic (exact) mass is 397 g/mol. The van der Waals surface area contributed by atoms with Crippen molar-refractivity contribution in [1.82, 2.24) is 14.9 Å². The molecule has 0 amide bonds. The lowest BCUT2D eigenvalue weighted by atomic mass is 10.1. The zero-order valence-electron chi connectivity index (χ0n) is 17.5. The molecule has 6 bridgehead atoms. The van der Waals surface area contributed by atoms with Crippen LogP contribution in [0.2, 0.25) is 0 Å². The molecule has 30 heavy (non-hydrogen) atoms. The summed E-state index contributed by atoms with van der Waals surface area (Å²) in [6, 6.07) is 16.6. The molecule has 152 valence electrons. The highest BCUT2D eigenvalue weighted by Crippen LogP contribution is 2.26. The third kappa shape index (κ3) is 4.93. The molecule has 0 radical (unpaired) electrons. The van der Waals surface area contributed by atoms with Crippen molar-refractivity contribution >= 4 is 17.3 Å². The van der Waals surface area contributed by atoms with Crippen LogP contribution in [0.15, 0.2) is 79.2 Å². The highest BCUT2D eigenvalue weighted by atomic mass is 15.1. The molecule has 5 nitrogen and oxygen atoms in total. The average Bonchev–Trinajstić information content (AvgIpc) is 2.73. The molecule has 0 unspecified atom stereocenters. The van der Waals surface area contributed by atoms with Gasteiger partial charge >= 0.3 is 0 Å². The Balaban J connectivity index is 1.72. The number of anilines is 3. The molecule has 2 heterocycles. The number of nitrogens with one attached hydrogen (secondary N) is 2. The molecule has 0 saturated carbocycles. The maximum absolute atomic E-state index is 4.73. The number of fused-ring (bicyclic) bond motifs is 7. The van der Waals surface area contributed by atoms with Crippen LogP contribution in [-0.4, -0.2) is 28.5 Å². The SMILES string of the molecule is C=C1C/C=C/CN(C)Cc2cccc(c2)Nc2nccc(n2)-c2ccc(C)c(c2)N1. The first-order valence-corrected chi connectivity index (χ1v) is 10.2. The summed E-state index contributed by atoms with van der Waals surface area (Å²) in [6.07, 6.45) is 6.94. The Bertz CT molecular complexity index is 1090. The minimum absolute atomic E-state index is 0.585. The lowest BCUT2D eigenvalue weighted by Crippen LogP contribution is -2.17. The number of hydrogen-bond donors (Lipinski definition) is 2. The summed E-state index contributed by atoms with van der Waals surface area (Å²) in [4.78, 5) is 11.4. The van der Waals surface area contributed by atoms with E-state index in [0.29, 0.717) is 5.95 Å². The number of allylic oxidation sites excluding steroid dienone is 1. The largest absolute Gasteiger partial charge is 0.359 e. The maximum atomic E-state index is 4.73. The molecular weight excluding hydrogens is 370 g/mol. The summed E-state index contributed by atoms with van der Waals surface area (Å²) in [5, 5.41) is 6.80. The van der Waals surface area contributed by atoms with Gasteiger partial charge in [-0.1, -0.05) is 43.0 Å². The first kappa shape index (κ1) is 19.9. The molecular formula is C25H27N5. The number of benzene rings is 2. The normalized spacial score (nSPS) is 16.0. The fourth-order valence-electron chi connectivity index (χ4n) is 3.47. The van der Waals surface area contributed by atoms with Crippen LogP contribution in [-0.2, 0) is 6.54 Å². The lowest BCUT2D eigenvalue weighted by molar-refractivity contribution is 0.363. The smallest absolute Gasteiger partial charge is 0.227 e. The third-order valence-electron chi connectivity index (χ3n) is 5.08. The van der Waals surface area contributed by atoms with Crippen LogP contribution >= 0.6 is 0 Å². The predicted octanol–water partition coefficient (Wildman–Crippen LogP) is 5.51. The fourth-order valence-corrected chi connectivity index (χ4v) is 3.47. The van der Waals surface area contributed by atoms with Gasteiger partial charge in [0.05, 0.1) is 5.69 Å². The number of likely N-dealkylation sites (N-methyl/N-ethyl adjacent to an activating group) is 1. The zero-order valence-corrected chi connectivity index (χ0v) is 17.5. The van der Waals surface area contributed by atoms with E-state index in [4.69, 9.17) is 4.98 Å². The van der Waals surface area contributed by atoms with Gasteiger partial charge in [0.25, 0.3) is 0 Å². The van der Waals surface area contributed by atoms with Crippen molar-refractivity contribution in [2.75, 3.05) is 24.2 Å². The van der Waals surface area contributed by atoms with E-state index in [1.165, 1.54) is 11.1 Å². The van der Waals surface area contributed by atoms with E-state index in [9.17, 15) is 0 Å². The molecule has 4 rings (SSSR count). The van der Waals surface area contributed by atoms with E-state index in [0.717, 1.165) is 47.8 Å². The Morgan fingerprint density at radius 2 is 1.93 bits per heavy atom. The molecule has 1 aliphatic rings. The fraction of sp³-hybridized carbons (Fsp3) is 0.200. The van der Waals surface area contributed by atoms with E-state index in [-0.39, 0.29) is 0 Å². The van der Waals surface area contributed by atoms with Gasteiger partial charge in [0.15, 0.2) is 0 Å². The summed E-state index contributed by atoms with van der Waals surface area (Å²) < 4.78 is 0. The van der Waals surface area contributed by atoms with Crippen LogP contribution in [0.3, 0.4) is 0 Å². The molecule has 2 N–H and O–H groups in total. The molecule has 0 saturated heterocycles. The Kier molecular flexibility index (Phi) is 5.91. The minimum Gasteiger partial charge on any atom is -0.359 e. The summed E-state index contributed by atoms with van der Waals surface area (Å²) in [5.41, 5.74) is 7.31. The van der Waals surface area contributed by atoms with Gasteiger partial charge in [-0.15, -0.1) is 0 Å². The highest BCUT2D eigenvalue weighted by molar-refractivity contribution is 5.69. The summed E-state index contributed by atoms with van der Waals surface area (Å²) in [7, 11) is 2.12. The van der Waals surface area contributed by atoms with Crippen molar-refractivity contribution in [1.29, 1.82) is 0 Å². The first-order chi connectivity index (χ1) is 14.6. The van der Waals surface area contributed by atoms with Crippen molar-refractivity contribution in [2.24, 2.45) is 0 Å². The second kappa shape index (κ2) is 8.93. The molecule has 1 aromatic heterocycles. The van der Waals surface area contributed by atoms with E-state index in [1.807, 2.05) is 12.1 Å². The first-order valence-electron chi connectivity index (χ1n) is 10.2. The number of rotatable bonds is 0. The van der Waals surface area contributed by atoms with Gasteiger partial charge in [0, 0.05) is 48.3 Å². The second-order valence-electron chi connectivity index (χ2n) is 7.72. The second-order valence-corrected chi connectivity index (χ2v) is 7.72. The number of hydrogen-bond acceptors (Lipinski definition) is 5. The number of nitrogens with zero attached hydrogens (tertiary/aromatic N) is 3. The Morgan fingerprint density at radius 3 is 2.83 bits per heavy atom. The van der Waals surface area contributed by atoms with Gasteiger partial charge in [-0.2, -0.15) is 0 Å². The average molecular weight is 398 g/mol. The van der Waals surface area contributed by atoms with Gasteiger partial charge < -0.3 is 10.6 Å². The Morgan fingerprint density at radius 1 is 1.03 bits per heavy atom. The van der Waals surface area contributed by atoms with Gasteiger partial charge in [0.1, 0.15) is 0 Å². The standard InChI is InChI=1S/C25H27N5/c1-18-10-11-21-16-24(18)27-19(2)7-4-5-14-30(3)17-20-8-6-9-22(15-20)28-25-26-13-12-23(21)29-25/h4-6,8-13,15-16,27H,2,7,14,17H2,1,3H3,(H,26,28,29)/b5-4+. The summed E-state index contributed by atoms with van der Waals surface area (Å²) in [5.74, 6) is 0.585. The van der Waals surface area contributed by atoms with Gasteiger partial charge in [0.2, 0.25) is 5.95 Å². The predicted molar refractivity (Wildman–Crippen MR) is 125 cm³/mol. The van der Waals surface area contributed by atoms with Gasteiger partial charge in [-0.3, -0.25) is 4.90 Å². The highest BCUT2D eigenvalue weighted by Gasteiger charge is 2.08. The Hall–Kier alpha value is -3.44. The van der Waals surface area contributed by atoms with E-state index in [2.05, 4.69) is 89.6 Å². The lowest BCUT2D eigenvalue weighted by Gasteiger charge is -2.16. The maximum Gasteiger partial charge on any atom is 0.227 e. The molecule has 0 fully saturated rings. The van der Waals surface area contributed by atoms with Crippen LogP contribution in [0.4, 0.5) is 17.3 Å². The van der Waals surface area contributed by atoms with Crippen LogP contribution in [0.5, 0.6) is 0 Å². The summed E-state index contributed by atoms with van der Waals surface area (Å²) >= 11 is 0. The Labute approximate surface area is 178 Å². The zero-order chi connectivity index (χ0) is 20.9. The molecule has 1 aliphatic heterocycles. The molecule has 2 aromatic carbocycles. The quantitative estimate of drug-likeness (QED) is 0.490. The van der Waals surface area contributed by atoms with Gasteiger partial charge in [-0.25, -0.2) is 9.97 Å². The van der Waals surface area contributed by atoms with E-state index in [1.54, 1.807) is 6.20 Å². The number of aryl methyl sites for hydroxylation is 1. The molecule has 0 spiro atoms. The molecule has 5 heteroatoms. The van der Waals surface area contributed by atoms with Crippen molar-refractivity contribution < 1.29 is 0 Å². The summed E-state index contributed by atoms with van der Waals surface area (Å²) in [6.45, 7) is 8.03. The van der Waals surface area contributed by atoms with E-state index >= 15 is 0 Å². The molecule has 0 atom stereocenters. The molecule has 3 aromatic rings.